The molecule has 1 aromatic carbocycles. The molecule has 3 nitrogen and oxygen atoms in total. The van der Waals surface area contributed by atoms with Gasteiger partial charge in [-0.05, 0) is 31.2 Å². The molecule has 0 bridgehead atoms. The quantitative estimate of drug-likeness (QED) is 0.884. The Bertz CT molecular complexity index is 389. The van der Waals surface area contributed by atoms with Crippen molar-refractivity contribution in [1.29, 1.82) is 0 Å². The van der Waals surface area contributed by atoms with E-state index in [1.807, 2.05) is 42.2 Å². The van der Waals surface area contributed by atoms with Gasteiger partial charge in [0.05, 0.1) is 6.42 Å². The van der Waals surface area contributed by atoms with Crippen molar-refractivity contribution in [3.63, 3.8) is 0 Å². The van der Waals surface area contributed by atoms with E-state index in [0.717, 1.165) is 31.5 Å². The molecule has 0 saturated carbocycles. The Morgan fingerprint density at radius 1 is 1.44 bits per heavy atom. The molecule has 1 aliphatic rings. The summed E-state index contributed by atoms with van der Waals surface area (Å²) < 4.78 is 0. The number of carbonyl (C=O) groups is 1. The SMILES string of the molecule is CC(N)C1CCCN(C(=O)Cc2ccccc2)C1. The van der Waals surface area contributed by atoms with Gasteiger partial charge in [-0.25, -0.2) is 0 Å². The van der Waals surface area contributed by atoms with Crippen LogP contribution in [0.15, 0.2) is 30.3 Å². The first-order chi connectivity index (χ1) is 8.66. The Labute approximate surface area is 109 Å². The summed E-state index contributed by atoms with van der Waals surface area (Å²) >= 11 is 0. The summed E-state index contributed by atoms with van der Waals surface area (Å²) in [4.78, 5) is 14.2. The third-order valence-electron chi connectivity index (χ3n) is 3.75. The zero-order valence-electron chi connectivity index (χ0n) is 11.0. The van der Waals surface area contributed by atoms with E-state index in [-0.39, 0.29) is 11.9 Å². The van der Waals surface area contributed by atoms with E-state index in [1.165, 1.54) is 0 Å². The Morgan fingerprint density at radius 2 is 2.17 bits per heavy atom. The highest BCUT2D eigenvalue weighted by molar-refractivity contribution is 5.78. The van der Waals surface area contributed by atoms with Crippen molar-refractivity contribution in [1.82, 2.24) is 4.90 Å². The van der Waals surface area contributed by atoms with E-state index >= 15 is 0 Å². The van der Waals surface area contributed by atoms with Gasteiger partial charge in [0, 0.05) is 19.1 Å². The Balaban J connectivity index is 1.93. The first-order valence-electron chi connectivity index (χ1n) is 6.74. The number of carbonyl (C=O) groups excluding carboxylic acids is 1. The molecular formula is C15H22N2O. The minimum absolute atomic E-state index is 0.178. The standard InChI is InChI=1S/C15H22N2O/c1-12(16)14-8-5-9-17(11-14)15(18)10-13-6-3-2-4-7-13/h2-4,6-7,12,14H,5,8-11,16H2,1H3. The van der Waals surface area contributed by atoms with Crippen molar-refractivity contribution in [3.8, 4) is 0 Å². The molecule has 3 heteroatoms. The summed E-state index contributed by atoms with van der Waals surface area (Å²) in [5.74, 6) is 0.685. The third kappa shape index (κ3) is 3.33. The summed E-state index contributed by atoms with van der Waals surface area (Å²) in [6.45, 7) is 3.74. The highest BCUT2D eigenvalue weighted by Gasteiger charge is 2.25. The van der Waals surface area contributed by atoms with Crippen LogP contribution in [-0.2, 0) is 11.2 Å². The van der Waals surface area contributed by atoms with Crippen LogP contribution in [0.5, 0.6) is 0 Å². The van der Waals surface area contributed by atoms with Gasteiger partial charge in [0.2, 0.25) is 5.91 Å². The number of hydrogen-bond donors (Lipinski definition) is 1. The molecule has 0 spiro atoms. The van der Waals surface area contributed by atoms with Crippen LogP contribution in [0.3, 0.4) is 0 Å². The van der Waals surface area contributed by atoms with E-state index in [4.69, 9.17) is 5.73 Å². The van der Waals surface area contributed by atoms with E-state index in [2.05, 4.69) is 0 Å². The molecule has 2 unspecified atom stereocenters. The number of hydrogen-bond acceptors (Lipinski definition) is 2. The molecule has 1 saturated heterocycles. The molecule has 1 aliphatic heterocycles. The molecule has 2 rings (SSSR count). The molecule has 1 aromatic rings. The highest BCUT2D eigenvalue weighted by Crippen LogP contribution is 2.19. The Kier molecular flexibility index (Phi) is 4.37. The Morgan fingerprint density at radius 3 is 2.83 bits per heavy atom. The number of likely N-dealkylation sites (tertiary alicyclic amines) is 1. The molecule has 98 valence electrons. The van der Waals surface area contributed by atoms with Crippen LogP contribution >= 0.6 is 0 Å². The van der Waals surface area contributed by atoms with Crippen molar-refractivity contribution in [2.45, 2.75) is 32.2 Å². The zero-order chi connectivity index (χ0) is 13.0. The summed E-state index contributed by atoms with van der Waals surface area (Å²) in [6.07, 6.45) is 2.73. The summed E-state index contributed by atoms with van der Waals surface area (Å²) in [6, 6.07) is 10.1. The number of benzene rings is 1. The van der Waals surface area contributed by atoms with Gasteiger partial charge in [0.1, 0.15) is 0 Å². The van der Waals surface area contributed by atoms with Gasteiger partial charge in [-0.15, -0.1) is 0 Å². The van der Waals surface area contributed by atoms with Crippen LogP contribution in [0, 0.1) is 5.92 Å². The van der Waals surface area contributed by atoms with Crippen molar-refractivity contribution in [2.75, 3.05) is 13.1 Å². The number of amides is 1. The second kappa shape index (κ2) is 6.01. The van der Waals surface area contributed by atoms with E-state index < -0.39 is 0 Å². The van der Waals surface area contributed by atoms with Gasteiger partial charge in [0.25, 0.3) is 0 Å². The van der Waals surface area contributed by atoms with Gasteiger partial charge in [-0.1, -0.05) is 30.3 Å². The van der Waals surface area contributed by atoms with Crippen LogP contribution in [0.2, 0.25) is 0 Å². The van der Waals surface area contributed by atoms with E-state index in [9.17, 15) is 4.79 Å². The second-order valence-electron chi connectivity index (χ2n) is 5.26. The van der Waals surface area contributed by atoms with Crippen molar-refractivity contribution < 1.29 is 4.79 Å². The zero-order valence-corrected chi connectivity index (χ0v) is 11.0. The number of rotatable bonds is 3. The largest absolute Gasteiger partial charge is 0.342 e. The molecule has 2 atom stereocenters. The molecule has 1 fully saturated rings. The van der Waals surface area contributed by atoms with Crippen LogP contribution in [0.25, 0.3) is 0 Å². The van der Waals surface area contributed by atoms with Crippen molar-refractivity contribution in [3.05, 3.63) is 35.9 Å². The van der Waals surface area contributed by atoms with Gasteiger partial charge in [0.15, 0.2) is 0 Å². The van der Waals surface area contributed by atoms with E-state index in [0.29, 0.717) is 12.3 Å². The van der Waals surface area contributed by atoms with Crippen LogP contribution < -0.4 is 5.73 Å². The van der Waals surface area contributed by atoms with Gasteiger partial charge in [-0.2, -0.15) is 0 Å². The van der Waals surface area contributed by atoms with E-state index in [1.54, 1.807) is 0 Å². The first-order valence-corrected chi connectivity index (χ1v) is 6.74. The van der Waals surface area contributed by atoms with Crippen LogP contribution in [0.4, 0.5) is 0 Å². The van der Waals surface area contributed by atoms with Crippen LogP contribution in [-0.4, -0.2) is 29.9 Å². The predicted molar refractivity (Wildman–Crippen MR) is 73.1 cm³/mol. The molecule has 0 radical (unpaired) electrons. The first kappa shape index (κ1) is 13.1. The molecule has 0 aliphatic carbocycles. The fraction of sp³-hybridized carbons (Fsp3) is 0.533. The smallest absolute Gasteiger partial charge is 0.226 e. The molecule has 1 heterocycles. The summed E-state index contributed by atoms with van der Waals surface area (Å²) in [5.41, 5.74) is 7.03. The maximum absolute atomic E-state index is 12.2. The van der Waals surface area contributed by atoms with Gasteiger partial charge in [-0.3, -0.25) is 4.79 Å². The fourth-order valence-electron chi connectivity index (χ4n) is 2.55. The summed E-state index contributed by atoms with van der Waals surface area (Å²) in [7, 11) is 0. The lowest BCUT2D eigenvalue weighted by molar-refractivity contribution is -0.132. The average molecular weight is 246 g/mol. The predicted octanol–water partition coefficient (Wildman–Crippen LogP) is 1.81. The fourth-order valence-corrected chi connectivity index (χ4v) is 2.55. The van der Waals surface area contributed by atoms with Crippen molar-refractivity contribution >= 4 is 5.91 Å². The highest BCUT2D eigenvalue weighted by atomic mass is 16.2. The molecule has 2 N–H and O–H groups in total. The lowest BCUT2D eigenvalue weighted by atomic mass is 9.92. The molecule has 1 amide bonds. The molecule has 18 heavy (non-hydrogen) atoms. The normalized spacial score (nSPS) is 21.7. The maximum atomic E-state index is 12.2. The topological polar surface area (TPSA) is 46.3 Å². The van der Waals surface area contributed by atoms with Crippen LogP contribution in [0.1, 0.15) is 25.3 Å². The van der Waals surface area contributed by atoms with Gasteiger partial charge < -0.3 is 10.6 Å². The lowest BCUT2D eigenvalue weighted by Gasteiger charge is -2.34. The minimum Gasteiger partial charge on any atom is -0.342 e. The van der Waals surface area contributed by atoms with Gasteiger partial charge >= 0.3 is 0 Å². The number of nitrogens with zero attached hydrogens (tertiary/aromatic N) is 1. The Hall–Kier alpha value is -1.35. The molecular weight excluding hydrogens is 224 g/mol. The molecule has 0 aromatic heterocycles. The third-order valence-corrected chi connectivity index (χ3v) is 3.75. The lowest BCUT2D eigenvalue weighted by Crippen LogP contribution is -2.45. The monoisotopic (exact) mass is 246 g/mol. The number of piperidine rings is 1. The summed E-state index contributed by atoms with van der Waals surface area (Å²) in [5, 5.41) is 0. The second-order valence-corrected chi connectivity index (χ2v) is 5.26. The van der Waals surface area contributed by atoms with Crippen molar-refractivity contribution in [2.24, 2.45) is 11.7 Å². The minimum atomic E-state index is 0.178. The number of nitrogens with two attached hydrogens (primary N) is 1. The average Bonchev–Trinajstić information content (AvgIpc) is 2.40. The maximum Gasteiger partial charge on any atom is 0.226 e.